The fourth-order valence-electron chi connectivity index (χ4n) is 2.26. The van der Waals surface area contributed by atoms with Crippen molar-refractivity contribution in [2.24, 2.45) is 0 Å². The Morgan fingerprint density at radius 1 is 1.35 bits per heavy atom. The average molecular weight is 236 g/mol. The number of nitrogens with one attached hydrogen (secondary N) is 2. The zero-order valence-electron chi connectivity index (χ0n) is 10.2. The smallest absolute Gasteiger partial charge is 0.141 e. The van der Waals surface area contributed by atoms with E-state index in [-0.39, 0.29) is 12.1 Å². The Labute approximate surface area is 102 Å². The van der Waals surface area contributed by atoms with E-state index in [4.69, 9.17) is 4.74 Å². The molecule has 0 amide bonds. The summed E-state index contributed by atoms with van der Waals surface area (Å²) in [6.45, 7) is 2.01. The topological polar surface area (TPSA) is 53.5 Å². The molecule has 3 N–H and O–H groups in total. The molecule has 94 valence electrons. The van der Waals surface area contributed by atoms with Gasteiger partial charge < -0.3 is 20.5 Å². The van der Waals surface area contributed by atoms with Crippen molar-refractivity contribution in [1.29, 1.82) is 0 Å². The van der Waals surface area contributed by atoms with E-state index < -0.39 is 0 Å². The van der Waals surface area contributed by atoms with Crippen LogP contribution in [0.2, 0.25) is 0 Å². The van der Waals surface area contributed by atoms with Gasteiger partial charge in [0.15, 0.2) is 0 Å². The lowest BCUT2D eigenvalue weighted by atomic mass is 9.89. The number of rotatable bonds is 4. The summed E-state index contributed by atoms with van der Waals surface area (Å²) >= 11 is 0. The molecule has 0 saturated carbocycles. The molecule has 1 aliphatic rings. The molecule has 17 heavy (non-hydrogen) atoms. The molecular weight excluding hydrogens is 216 g/mol. The number of ether oxygens (including phenoxy) is 1. The second-order valence-electron chi connectivity index (χ2n) is 4.51. The molecule has 0 spiro atoms. The number of piperidine rings is 1. The quantitative estimate of drug-likeness (QED) is 0.736. The van der Waals surface area contributed by atoms with Gasteiger partial charge >= 0.3 is 0 Å². The van der Waals surface area contributed by atoms with Gasteiger partial charge in [0.25, 0.3) is 0 Å². The van der Waals surface area contributed by atoms with Crippen molar-refractivity contribution in [3.05, 3.63) is 24.3 Å². The highest BCUT2D eigenvalue weighted by Gasteiger charge is 2.31. The van der Waals surface area contributed by atoms with Crippen LogP contribution in [0.4, 0.5) is 5.69 Å². The molecule has 1 aliphatic heterocycles. The molecule has 1 aromatic rings. The molecule has 4 heteroatoms. The van der Waals surface area contributed by atoms with Crippen LogP contribution in [0.1, 0.15) is 12.8 Å². The molecule has 0 unspecified atom stereocenters. The number of anilines is 1. The van der Waals surface area contributed by atoms with Gasteiger partial charge in [-0.3, -0.25) is 0 Å². The number of benzene rings is 1. The van der Waals surface area contributed by atoms with Crippen LogP contribution in [0.15, 0.2) is 24.3 Å². The third-order valence-electron chi connectivity index (χ3n) is 3.37. The Bertz CT molecular complexity index is 362. The predicted molar refractivity (Wildman–Crippen MR) is 68.5 cm³/mol. The minimum atomic E-state index is -0.222. The molecular formula is C13H20N2O2. The van der Waals surface area contributed by atoms with Crippen LogP contribution in [0, 0.1) is 0 Å². The zero-order valence-corrected chi connectivity index (χ0v) is 10.2. The summed E-state index contributed by atoms with van der Waals surface area (Å²) in [5, 5.41) is 16.4. The lowest BCUT2D eigenvalue weighted by molar-refractivity contribution is 0.178. The van der Waals surface area contributed by atoms with Crippen LogP contribution in [-0.2, 0) is 0 Å². The van der Waals surface area contributed by atoms with E-state index in [2.05, 4.69) is 10.6 Å². The first kappa shape index (κ1) is 12.2. The highest BCUT2D eigenvalue weighted by molar-refractivity contribution is 5.57. The van der Waals surface area contributed by atoms with Crippen LogP contribution in [0.25, 0.3) is 0 Å². The van der Waals surface area contributed by atoms with Crippen molar-refractivity contribution in [3.63, 3.8) is 0 Å². The standard InChI is InChI=1S/C13H20N2O2/c1-17-12-5-3-2-4-11(12)15-13(10-16)6-8-14-9-7-13/h2-5,14-16H,6-10H2,1H3. The van der Waals surface area contributed by atoms with E-state index in [0.717, 1.165) is 37.4 Å². The molecule has 4 nitrogen and oxygen atoms in total. The molecule has 1 fully saturated rings. The Hall–Kier alpha value is -1.26. The van der Waals surface area contributed by atoms with Crippen molar-refractivity contribution < 1.29 is 9.84 Å². The van der Waals surface area contributed by atoms with Crippen molar-refractivity contribution in [1.82, 2.24) is 5.32 Å². The summed E-state index contributed by atoms with van der Waals surface area (Å²) in [5.74, 6) is 0.818. The van der Waals surface area contributed by atoms with E-state index in [0.29, 0.717) is 0 Å². The average Bonchev–Trinajstić information content (AvgIpc) is 2.40. The van der Waals surface area contributed by atoms with Crippen molar-refractivity contribution >= 4 is 5.69 Å². The molecule has 2 rings (SSSR count). The minimum Gasteiger partial charge on any atom is -0.495 e. The van der Waals surface area contributed by atoms with Crippen LogP contribution < -0.4 is 15.4 Å². The number of para-hydroxylation sites is 2. The third kappa shape index (κ3) is 2.70. The second kappa shape index (κ2) is 5.38. The Balaban J connectivity index is 2.17. The van der Waals surface area contributed by atoms with E-state index in [1.54, 1.807) is 7.11 Å². The van der Waals surface area contributed by atoms with Gasteiger partial charge in [0.1, 0.15) is 5.75 Å². The van der Waals surface area contributed by atoms with E-state index in [1.807, 2.05) is 24.3 Å². The van der Waals surface area contributed by atoms with Gasteiger partial charge in [-0.25, -0.2) is 0 Å². The van der Waals surface area contributed by atoms with Crippen molar-refractivity contribution in [2.75, 3.05) is 32.1 Å². The van der Waals surface area contributed by atoms with Gasteiger partial charge in [-0.15, -0.1) is 0 Å². The van der Waals surface area contributed by atoms with Gasteiger partial charge in [-0.05, 0) is 38.1 Å². The highest BCUT2D eigenvalue weighted by atomic mass is 16.5. The molecule has 0 bridgehead atoms. The summed E-state index contributed by atoms with van der Waals surface area (Å²) < 4.78 is 5.32. The van der Waals surface area contributed by atoms with E-state index in [1.165, 1.54) is 0 Å². The Morgan fingerprint density at radius 3 is 2.71 bits per heavy atom. The normalized spacial score (nSPS) is 18.7. The van der Waals surface area contributed by atoms with Gasteiger partial charge in [0.2, 0.25) is 0 Å². The molecule has 0 atom stereocenters. The molecule has 1 heterocycles. The van der Waals surface area contributed by atoms with Gasteiger partial charge in [-0.1, -0.05) is 12.1 Å². The van der Waals surface area contributed by atoms with Gasteiger partial charge in [-0.2, -0.15) is 0 Å². The number of hydrogen-bond acceptors (Lipinski definition) is 4. The first-order valence-corrected chi connectivity index (χ1v) is 6.02. The maximum atomic E-state index is 9.64. The molecule has 0 aromatic heterocycles. The number of aliphatic hydroxyl groups is 1. The van der Waals surface area contributed by atoms with Crippen LogP contribution in [0.5, 0.6) is 5.75 Å². The monoisotopic (exact) mass is 236 g/mol. The second-order valence-corrected chi connectivity index (χ2v) is 4.51. The van der Waals surface area contributed by atoms with Gasteiger partial charge in [0.05, 0.1) is 24.9 Å². The van der Waals surface area contributed by atoms with Crippen molar-refractivity contribution in [3.8, 4) is 5.75 Å². The van der Waals surface area contributed by atoms with Crippen LogP contribution in [0.3, 0.4) is 0 Å². The lowest BCUT2D eigenvalue weighted by Gasteiger charge is -2.38. The lowest BCUT2D eigenvalue weighted by Crippen LogP contribution is -2.50. The van der Waals surface area contributed by atoms with Gasteiger partial charge in [0, 0.05) is 0 Å². The molecule has 1 aromatic carbocycles. The maximum Gasteiger partial charge on any atom is 0.141 e. The summed E-state index contributed by atoms with van der Waals surface area (Å²) in [7, 11) is 1.66. The highest BCUT2D eigenvalue weighted by Crippen LogP contribution is 2.30. The van der Waals surface area contributed by atoms with Crippen LogP contribution in [-0.4, -0.2) is 37.5 Å². The fraction of sp³-hybridized carbons (Fsp3) is 0.538. The van der Waals surface area contributed by atoms with E-state index in [9.17, 15) is 5.11 Å². The first-order chi connectivity index (χ1) is 8.29. The van der Waals surface area contributed by atoms with Crippen molar-refractivity contribution in [2.45, 2.75) is 18.4 Å². The summed E-state index contributed by atoms with van der Waals surface area (Å²) in [5.41, 5.74) is 0.728. The third-order valence-corrected chi connectivity index (χ3v) is 3.37. The predicted octanol–water partition coefficient (Wildman–Crippen LogP) is 1.22. The fourth-order valence-corrected chi connectivity index (χ4v) is 2.26. The minimum absolute atomic E-state index is 0.146. The summed E-state index contributed by atoms with van der Waals surface area (Å²) in [4.78, 5) is 0. The first-order valence-electron chi connectivity index (χ1n) is 6.02. The summed E-state index contributed by atoms with van der Waals surface area (Å²) in [6, 6.07) is 7.82. The Morgan fingerprint density at radius 2 is 2.06 bits per heavy atom. The zero-order chi connectivity index (χ0) is 12.1. The number of aliphatic hydroxyl groups excluding tert-OH is 1. The van der Waals surface area contributed by atoms with E-state index >= 15 is 0 Å². The Kier molecular flexibility index (Phi) is 3.86. The molecule has 0 aliphatic carbocycles. The number of hydrogen-bond donors (Lipinski definition) is 3. The molecule has 0 radical (unpaired) electrons. The largest absolute Gasteiger partial charge is 0.495 e. The number of methoxy groups -OCH3 is 1. The molecule has 1 saturated heterocycles. The van der Waals surface area contributed by atoms with Crippen LogP contribution >= 0.6 is 0 Å². The SMILES string of the molecule is COc1ccccc1NC1(CO)CCNCC1. The summed E-state index contributed by atoms with van der Waals surface area (Å²) in [6.07, 6.45) is 1.84. The maximum absolute atomic E-state index is 9.64.